The lowest BCUT2D eigenvalue weighted by Gasteiger charge is -2.28. The highest BCUT2D eigenvalue weighted by atomic mass is 32.2. The highest BCUT2D eigenvalue weighted by Gasteiger charge is 2.21. The van der Waals surface area contributed by atoms with Crippen LogP contribution in [0.3, 0.4) is 0 Å². The molecule has 0 aliphatic heterocycles. The number of benzene rings is 1. The zero-order chi connectivity index (χ0) is 19.8. The molecule has 0 radical (unpaired) electrons. The molecule has 0 unspecified atom stereocenters. The molecule has 2 aromatic rings. The minimum absolute atomic E-state index is 0.196. The molecule has 1 aliphatic carbocycles. The number of carbonyl (C=O) groups is 1. The summed E-state index contributed by atoms with van der Waals surface area (Å²) < 4.78 is 2.09. The number of amides is 1. The Balaban J connectivity index is 1.61. The van der Waals surface area contributed by atoms with Crippen molar-refractivity contribution in [1.82, 2.24) is 19.7 Å². The molecule has 0 N–H and O–H groups in total. The Hall–Kier alpha value is -1.82. The first-order valence-corrected chi connectivity index (χ1v) is 11.6. The van der Waals surface area contributed by atoms with Gasteiger partial charge in [0.05, 0.1) is 5.75 Å². The first-order valence-electron chi connectivity index (χ1n) is 10.6. The molecule has 1 aliphatic rings. The average molecular weight is 401 g/mol. The lowest BCUT2D eigenvalue weighted by atomic mass is 10.0. The summed E-state index contributed by atoms with van der Waals surface area (Å²) in [5.74, 6) is 1.48. The van der Waals surface area contributed by atoms with Crippen LogP contribution in [0.4, 0.5) is 0 Å². The van der Waals surface area contributed by atoms with Gasteiger partial charge in [0.25, 0.3) is 0 Å². The number of rotatable bonds is 6. The molecule has 0 saturated heterocycles. The summed E-state index contributed by atoms with van der Waals surface area (Å²) in [6, 6.07) is 10.5. The number of hydrogen-bond donors (Lipinski definition) is 0. The standard InChI is InChI=1S/C22H32N4OS/c1-3-26-21(18-13-9-8-10-14-18)23-24-22(26)28-17-20(27)25(2)19-15-11-6-4-5-7-12-16-19/h8-10,13-14,19H,3-7,11-12,15-17H2,1-2H3. The van der Waals surface area contributed by atoms with Crippen molar-refractivity contribution in [2.45, 2.75) is 76.0 Å². The molecule has 1 heterocycles. The van der Waals surface area contributed by atoms with Crippen LogP contribution in [-0.4, -0.2) is 44.4 Å². The van der Waals surface area contributed by atoms with E-state index in [-0.39, 0.29) is 5.91 Å². The van der Waals surface area contributed by atoms with E-state index < -0.39 is 0 Å². The topological polar surface area (TPSA) is 51.0 Å². The molecule has 1 aromatic heterocycles. The largest absolute Gasteiger partial charge is 0.342 e. The SMILES string of the molecule is CCn1c(SCC(=O)N(C)C2CCCCCCCC2)nnc1-c1ccccc1. The van der Waals surface area contributed by atoms with Crippen LogP contribution < -0.4 is 0 Å². The van der Waals surface area contributed by atoms with Crippen LogP contribution in [0.25, 0.3) is 11.4 Å². The first-order chi connectivity index (χ1) is 13.7. The normalized spacial score (nSPS) is 16.2. The van der Waals surface area contributed by atoms with Crippen LogP contribution in [-0.2, 0) is 11.3 Å². The van der Waals surface area contributed by atoms with E-state index in [9.17, 15) is 4.79 Å². The molecule has 0 atom stereocenters. The number of hydrogen-bond acceptors (Lipinski definition) is 4. The zero-order valence-electron chi connectivity index (χ0n) is 17.1. The van der Waals surface area contributed by atoms with Gasteiger partial charge in [-0.3, -0.25) is 4.79 Å². The smallest absolute Gasteiger partial charge is 0.233 e. The van der Waals surface area contributed by atoms with Crippen LogP contribution in [0.5, 0.6) is 0 Å². The lowest BCUT2D eigenvalue weighted by Crippen LogP contribution is -2.38. The van der Waals surface area contributed by atoms with E-state index >= 15 is 0 Å². The van der Waals surface area contributed by atoms with Crippen LogP contribution in [0, 0.1) is 0 Å². The fourth-order valence-corrected chi connectivity index (χ4v) is 4.84. The molecular formula is C22H32N4OS. The monoisotopic (exact) mass is 400 g/mol. The quantitative estimate of drug-likeness (QED) is 0.639. The molecule has 1 saturated carbocycles. The van der Waals surface area contributed by atoms with Crippen LogP contribution in [0.2, 0.25) is 0 Å². The van der Waals surface area contributed by atoms with E-state index in [1.807, 2.05) is 42.3 Å². The highest BCUT2D eigenvalue weighted by Crippen LogP contribution is 2.25. The maximum Gasteiger partial charge on any atom is 0.233 e. The maximum absolute atomic E-state index is 12.8. The van der Waals surface area contributed by atoms with Gasteiger partial charge < -0.3 is 9.47 Å². The van der Waals surface area contributed by atoms with E-state index in [0.29, 0.717) is 11.8 Å². The number of carbonyl (C=O) groups excluding carboxylic acids is 1. The van der Waals surface area contributed by atoms with Gasteiger partial charge in [0, 0.05) is 25.2 Å². The second-order valence-electron chi connectivity index (χ2n) is 7.56. The van der Waals surface area contributed by atoms with E-state index in [1.165, 1.54) is 50.3 Å². The molecular weight excluding hydrogens is 368 g/mol. The van der Waals surface area contributed by atoms with Crippen LogP contribution >= 0.6 is 11.8 Å². The molecule has 1 fully saturated rings. The van der Waals surface area contributed by atoms with Crippen molar-refractivity contribution >= 4 is 17.7 Å². The third-order valence-corrected chi connectivity index (χ3v) is 6.61. The third kappa shape index (κ3) is 5.37. The molecule has 1 amide bonds. The summed E-state index contributed by atoms with van der Waals surface area (Å²) in [4.78, 5) is 14.8. The lowest BCUT2D eigenvalue weighted by molar-refractivity contribution is -0.129. The predicted molar refractivity (Wildman–Crippen MR) is 115 cm³/mol. The van der Waals surface area contributed by atoms with Crippen molar-refractivity contribution in [1.29, 1.82) is 0 Å². The Morgan fingerprint density at radius 3 is 2.36 bits per heavy atom. The Morgan fingerprint density at radius 2 is 1.71 bits per heavy atom. The fraction of sp³-hybridized carbons (Fsp3) is 0.591. The Bertz CT molecular complexity index is 736. The van der Waals surface area contributed by atoms with Gasteiger partial charge in [-0.05, 0) is 19.8 Å². The van der Waals surface area contributed by atoms with Gasteiger partial charge in [-0.1, -0.05) is 80.6 Å². The molecule has 0 spiro atoms. The van der Waals surface area contributed by atoms with Gasteiger partial charge >= 0.3 is 0 Å². The average Bonchev–Trinajstić information content (AvgIpc) is 3.20. The number of nitrogens with zero attached hydrogens (tertiary/aromatic N) is 4. The van der Waals surface area contributed by atoms with E-state index in [1.54, 1.807) is 0 Å². The summed E-state index contributed by atoms with van der Waals surface area (Å²) in [5.41, 5.74) is 1.05. The van der Waals surface area contributed by atoms with Crippen molar-refractivity contribution < 1.29 is 4.79 Å². The molecule has 5 nitrogen and oxygen atoms in total. The Labute approximate surface area is 172 Å². The molecule has 1 aromatic carbocycles. The maximum atomic E-state index is 12.8. The van der Waals surface area contributed by atoms with Gasteiger partial charge in [0.2, 0.25) is 5.91 Å². The van der Waals surface area contributed by atoms with Crippen molar-refractivity contribution in [2.75, 3.05) is 12.8 Å². The van der Waals surface area contributed by atoms with Crippen molar-refractivity contribution in [2.24, 2.45) is 0 Å². The second-order valence-corrected chi connectivity index (χ2v) is 8.50. The van der Waals surface area contributed by atoms with E-state index in [0.717, 1.165) is 35.9 Å². The molecule has 28 heavy (non-hydrogen) atoms. The highest BCUT2D eigenvalue weighted by molar-refractivity contribution is 7.99. The van der Waals surface area contributed by atoms with Gasteiger partial charge in [-0.25, -0.2) is 0 Å². The molecule has 0 bridgehead atoms. The molecule has 3 rings (SSSR count). The van der Waals surface area contributed by atoms with Crippen molar-refractivity contribution in [3.8, 4) is 11.4 Å². The summed E-state index contributed by atoms with van der Waals surface area (Å²) in [6.45, 7) is 2.87. The second kappa shape index (κ2) is 10.6. The van der Waals surface area contributed by atoms with Crippen LogP contribution in [0.1, 0.15) is 58.3 Å². The van der Waals surface area contributed by atoms with Crippen molar-refractivity contribution in [3.63, 3.8) is 0 Å². The summed E-state index contributed by atoms with van der Waals surface area (Å²) >= 11 is 1.50. The zero-order valence-corrected chi connectivity index (χ0v) is 18.0. The van der Waals surface area contributed by atoms with Crippen LogP contribution in [0.15, 0.2) is 35.5 Å². The van der Waals surface area contributed by atoms with Gasteiger partial charge in [0.15, 0.2) is 11.0 Å². The minimum atomic E-state index is 0.196. The third-order valence-electron chi connectivity index (χ3n) is 5.66. The summed E-state index contributed by atoms with van der Waals surface area (Å²) in [7, 11) is 1.98. The van der Waals surface area contributed by atoms with E-state index in [2.05, 4.69) is 21.7 Å². The minimum Gasteiger partial charge on any atom is -0.342 e. The summed E-state index contributed by atoms with van der Waals surface area (Å²) in [6.07, 6.45) is 10.0. The number of aromatic nitrogens is 3. The summed E-state index contributed by atoms with van der Waals surface area (Å²) in [5, 5.41) is 9.54. The van der Waals surface area contributed by atoms with Crippen molar-refractivity contribution in [3.05, 3.63) is 30.3 Å². The molecule has 152 valence electrons. The van der Waals surface area contributed by atoms with Gasteiger partial charge in [-0.2, -0.15) is 0 Å². The predicted octanol–water partition coefficient (Wildman–Crippen LogP) is 5.02. The van der Waals surface area contributed by atoms with Gasteiger partial charge in [0.1, 0.15) is 0 Å². The van der Waals surface area contributed by atoms with E-state index in [4.69, 9.17) is 0 Å². The fourth-order valence-electron chi connectivity index (χ4n) is 3.91. The van der Waals surface area contributed by atoms with Gasteiger partial charge in [-0.15, -0.1) is 10.2 Å². The Kier molecular flexibility index (Phi) is 7.95. The number of thioether (sulfide) groups is 1. The Morgan fingerprint density at radius 1 is 1.07 bits per heavy atom. The first kappa shape index (κ1) is 20.9. The molecule has 6 heteroatoms.